The summed E-state index contributed by atoms with van der Waals surface area (Å²) in [7, 11) is 1.70. The van der Waals surface area contributed by atoms with Crippen molar-refractivity contribution in [3.8, 4) is 5.75 Å². The standard InChI is InChI=1S/C17H20N2O/c1-20-16-10-3-2-9-15(16)19-12-14-7-4-6-13-8-5-11-18-17(13)14/h2-4,6-7,9-10,18-19H,5,8,11-12H2,1H3. The van der Waals surface area contributed by atoms with E-state index in [1.165, 1.54) is 29.7 Å². The lowest BCUT2D eigenvalue weighted by molar-refractivity contribution is 0.416. The summed E-state index contributed by atoms with van der Waals surface area (Å²) in [6, 6.07) is 14.6. The molecule has 2 aromatic carbocycles. The molecule has 3 nitrogen and oxygen atoms in total. The van der Waals surface area contributed by atoms with Gasteiger partial charge in [-0.1, -0.05) is 30.3 Å². The Morgan fingerprint density at radius 3 is 2.95 bits per heavy atom. The monoisotopic (exact) mass is 268 g/mol. The summed E-state index contributed by atoms with van der Waals surface area (Å²) >= 11 is 0. The molecule has 0 aromatic heterocycles. The summed E-state index contributed by atoms with van der Waals surface area (Å²) in [4.78, 5) is 0. The molecular weight excluding hydrogens is 248 g/mol. The molecule has 0 bridgehead atoms. The third-order valence-electron chi connectivity index (χ3n) is 3.74. The minimum Gasteiger partial charge on any atom is -0.495 e. The molecule has 0 atom stereocenters. The van der Waals surface area contributed by atoms with Crippen molar-refractivity contribution in [3.05, 3.63) is 53.6 Å². The smallest absolute Gasteiger partial charge is 0.141 e. The molecule has 0 saturated carbocycles. The number of fused-ring (bicyclic) bond motifs is 1. The van der Waals surface area contributed by atoms with Gasteiger partial charge >= 0.3 is 0 Å². The first kappa shape index (κ1) is 12.9. The lowest BCUT2D eigenvalue weighted by Crippen LogP contribution is -2.15. The van der Waals surface area contributed by atoms with Gasteiger partial charge in [-0.05, 0) is 36.1 Å². The molecule has 20 heavy (non-hydrogen) atoms. The Morgan fingerprint density at radius 1 is 1.15 bits per heavy atom. The number of hydrogen-bond donors (Lipinski definition) is 2. The zero-order valence-corrected chi connectivity index (χ0v) is 11.8. The summed E-state index contributed by atoms with van der Waals surface area (Å²) in [6.45, 7) is 1.87. The molecule has 3 heteroatoms. The van der Waals surface area contributed by atoms with Gasteiger partial charge < -0.3 is 15.4 Å². The highest BCUT2D eigenvalue weighted by Crippen LogP contribution is 2.28. The van der Waals surface area contributed by atoms with Crippen LogP contribution in [0.5, 0.6) is 5.75 Å². The maximum absolute atomic E-state index is 5.37. The fourth-order valence-electron chi connectivity index (χ4n) is 2.71. The van der Waals surface area contributed by atoms with E-state index >= 15 is 0 Å². The highest BCUT2D eigenvalue weighted by molar-refractivity contribution is 5.62. The maximum atomic E-state index is 5.37. The van der Waals surface area contributed by atoms with Crippen molar-refractivity contribution in [2.24, 2.45) is 0 Å². The Kier molecular flexibility index (Phi) is 3.77. The zero-order valence-electron chi connectivity index (χ0n) is 11.8. The number of rotatable bonds is 4. The second-order valence-electron chi connectivity index (χ2n) is 5.04. The second-order valence-corrected chi connectivity index (χ2v) is 5.04. The van der Waals surface area contributed by atoms with Crippen molar-refractivity contribution in [1.29, 1.82) is 0 Å². The van der Waals surface area contributed by atoms with Crippen LogP contribution in [0.15, 0.2) is 42.5 Å². The van der Waals surface area contributed by atoms with Crippen LogP contribution in [-0.2, 0) is 13.0 Å². The van der Waals surface area contributed by atoms with Gasteiger partial charge in [-0.2, -0.15) is 0 Å². The van der Waals surface area contributed by atoms with E-state index in [0.717, 1.165) is 24.5 Å². The summed E-state index contributed by atoms with van der Waals surface area (Å²) in [5.41, 5.74) is 5.08. The van der Waals surface area contributed by atoms with Gasteiger partial charge in [0.05, 0.1) is 12.8 Å². The largest absolute Gasteiger partial charge is 0.495 e. The SMILES string of the molecule is COc1ccccc1NCc1cccc2c1NCCC2. The topological polar surface area (TPSA) is 33.3 Å². The molecule has 1 heterocycles. The van der Waals surface area contributed by atoms with E-state index in [9.17, 15) is 0 Å². The number of anilines is 2. The molecule has 0 fully saturated rings. The second kappa shape index (κ2) is 5.87. The Hall–Kier alpha value is -2.16. The molecule has 3 rings (SSSR count). The fraction of sp³-hybridized carbons (Fsp3) is 0.294. The Labute approximate surface area is 120 Å². The van der Waals surface area contributed by atoms with Crippen molar-refractivity contribution < 1.29 is 4.74 Å². The Bertz CT molecular complexity index is 595. The summed E-state index contributed by atoms with van der Waals surface area (Å²) < 4.78 is 5.37. The summed E-state index contributed by atoms with van der Waals surface area (Å²) in [6.07, 6.45) is 2.39. The predicted molar refractivity (Wildman–Crippen MR) is 83.6 cm³/mol. The van der Waals surface area contributed by atoms with Crippen LogP contribution in [0.25, 0.3) is 0 Å². The van der Waals surface area contributed by atoms with Gasteiger partial charge in [0.25, 0.3) is 0 Å². The van der Waals surface area contributed by atoms with Crippen LogP contribution in [0.1, 0.15) is 17.5 Å². The molecule has 0 unspecified atom stereocenters. The van der Waals surface area contributed by atoms with E-state index in [-0.39, 0.29) is 0 Å². The number of nitrogens with one attached hydrogen (secondary N) is 2. The van der Waals surface area contributed by atoms with Crippen LogP contribution in [0.4, 0.5) is 11.4 Å². The maximum Gasteiger partial charge on any atom is 0.141 e. The first-order valence-electron chi connectivity index (χ1n) is 7.10. The predicted octanol–water partition coefficient (Wildman–Crippen LogP) is 3.67. The number of benzene rings is 2. The third-order valence-corrected chi connectivity index (χ3v) is 3.74. The number of hydrogen-bond acceptors (Lipinski definition) is 3. The average Bonchev–Trinajstić information content (AvgIpc) is 2.53. The van der Waals surface area contributed by atoms with Crippen molar-refractivity contribution in [1.82, 2.24) is 0 Å². The molecule has 2 aromatic rings. The van der Waals surface area contributed by atoms with E-state index in [0.29, 0.717) is 0 Å². The van der Waals surface area contributed by atoms with Crippen LogP contribution < -0.4 is 15.4 Å². The number of para-hydroxylation sites is 3. The van der Waals surface area contributed by atoms with Crippen molar-refractivity contribution in [2.75, 3.05) is 24.3 Å². The highest BCUT2D eigenvalue weighted by Gasteiger charge is 2.12. The lowest BCUT2D eigenvalue weighted by Gasteiger charge is -2.22. The highest BCUT2D eigenvalue weighted by atomic mass is 16.5. The minimum atomic E-state index is 0.802. The quantitative estimate of drug-likeness (QED) is 0.887. The van der Waals surface area contributed by atoms with Crippen molar-refractivity contribution >= 4 is 11.4 Å². The molecule has 1 aliphatic rings. The van der Waals surface area contributed by atoms with Gasteiger partial charge in [0, 0.05) is 18.8 Å². The van der Waals surface area contributed by atoms with Crippen molar-refractivity contribution in [2.45, 2.75) is 19.4 Å². The first-order chi connectivity index (χ1) is 9.88. The summed E-state index contributed by atoms with van der Waals surface area (Å²) in [5.74, 6) is 0.880. The van der Waals surface area contributed by atoms with Crippen LogP contribution in [0, 0.1) is 0 Å². The van der Waals surface area contributed by atoms with E-state index in [4.69, 9.17) is 4.74 Å². The molecule has 1 aliphatic heterocycles. The average molecular weight is 268 g/mol. The molecule has 0 saturated heterocycles. The third kappa shape index (κ3) is 2.57. The van der Waals surface area contributed by atoms with Crippen LogP contribution in [-0.4, -0.2) is 13.7 Å². The Morgan fingerprint density at radius 2 is 2.05 bits per heavy atom. The van der Waals surface area contributed by atoms with Crippen molar-refractivity contribution in [3.63, 3.8) is 0 Å². The molecule has 104 valence electrons. The minimum absolute atomic E-state index is 0.802. The zero-order chi connectivity index (χ0) is 13.8. The molecular formula is C17H20N2O. The fourth-order valence-corrected chi connectivity index (χ4v) is 2.71. The van der Waals surface area contributed by atoms with E-state index in [2.05, 4.69) is 28.8 Å². The van der Waals surface area contributed by atoms with Crippen LogP contribution >= 0.6 is 0 Å². The number of ether oxygens (including phenoxy) is 1. The van der Waals surface area contributed by atoms with Gasteiger partial charge in [0.2, 0.25) is 0 Å². The lowest BCUT2D eigenvalue weighted by atomic mass is 9.99. The van der Waals surface area contributed by atoms with E-state index in [1.807, 2.05) is 24.3 Å². The van der Waals surface area contributed by atoms with Gasteiger partial charge in [-0.25, -0.2) is 0 Å². The van der Waals surface area contributed by atoms with Crippen LogP contribution in [0.3, 0.4) is 0 Å². The molecule has 0 aliphatic carbocycles. The summed E-state index contributed by atoms with van der Waals surface area (Å²) in [5, 5.41) is 6.99. The number of aryl methyl sites for hydroxylation is 1. The first-order valence-corrected chi connectivity index (χ1v) is 7.10. The van der Waals surface area contributed by atoms with Crippen LogP contribution in [0.2, 0.25) is 0 Å². The van der Waals surface area contributed by atoms with E-state index < -0.39 is 0 Å². The van der Waals surface area contributed by atoms with Gasteiger partial charge in [0.15, 0.2) is 0 Å². The Balaban J connectivity index is 1.79. The number of methoxy groups -OCH3 is 1. The van der Waals surface area contributed by atoms with Gasteiger partial charge in [-0.15, -0.1) is 0 Å². The normalized spacial score (nSPS) is 13.2. The molecule has 2 N–H and O–H groups in total. The molecule has 0 amide bonds. The van der Waals surface area contributed by atoms with E-state index in [1.54, 1.807) is 7.11 Å². The van der Waals surface area contributed by atoms with Gasteiger partial charge in [0.1, 0.15) is 5.75 Å². The van der Waals surface area contributed by atoms with Gasteiger partial charge in [-0.3, -0.25) is 0 Å². The molecule has 0 radical (unpaired) electrons. The molecule has 0 spiro atoms.